The second kappa shape index (κ2) is 5.01. The number of amides is 1. The first kappa shape index (κ1) is 13.9. The zero-order valence-corrected chi connectivity index (χ0v) is 10.0. The quantitative estimate of drug-likeness (QED) is 0.635. The highest BCUT2D eigenvalue weighted by Crippen LogP contribution is 2.02. The Morgan fingerprint density at radius 3 is 2.61 bits per heavy atom. The lowest BCUT2D eigenvalue weighted by atomic mass is 10.1. The normalized spacial score (nSPS) is 13.7. The van der Waals surface area contributed by atoms with Crippen molar-refractivity contribution >= 4 is 11.9 Å². The molecule has 1 aromatic rings. The van der Waals surface area contributed by atoms with Gasteiger partial charge in [0.1, 0.15) is 0 Å². The first-order valence-corrected chi connectivity index (χ1v) is 5.15. The predicted molar refractivity (Wildman–Crippen MR) is 62.3 cm³/mol. The zero-order chi connectivity index (χ0) is 13.9. The molecule has 18 heavy (non-hydrogen) atoms. The summed E-state index contributed by atoms with van der Waals surface area (Å²) in [7, 11) is 1.54. The molecule has 0 radical (unpaired) electrons. The summed E-state index contributed by atoms with van der Waals surface area (Å²) in [6.07, 6.45) is 1.42. The third-order valence-electron chi connectivity index (χ3n) is 2.42. The van der Waals surface area contributed by atoms with E-state index in [1.165, 1.54) is 16.8 Å². The average Bonchev–Trinajstić information content (AvgIpc) is 2.29. The smallest absolute Gasteiger partial charge is 0.337 e. The highest BCUT2D eigenvalue weighted by molar-refractivity contribution is 5.94. The molecule has 0 aliphatic heterocycles. The molecule has 0 spiro atoms. The minimum Gasteiger partial charge on any atom is -0.479 e. The molecule has 1 aromatic heterocycles. The number of hydrogen-bond acceptors (Lipinski definition) is 4. The van der Waals surface area contributed by atoms with Crippen molar-refractivity contribution in [2.24, 2.45) is 7.05 Å². The van der Waals surface area contributed by atoms with Gasteiger partial charge in [-0.3, -0.25) is 9.59 Å². The van der Waals surface area contributed by atoms with Crippen LogP contribution in [0, 0.1) is 0 Å². The van der Waals surface area contributed by atoms with Crippen LogP contribution in [0.5, 0.6) is 0 Å². The predicted octanol–water partition coefficient (Wildman–Crippen LogP) is -1.05. The third kappa shape index (κ3) is 3.17. The Balaban J connectivity index is 2.75. The van der Waals surface area contributed by atoms with E-state index < -0.39 is 24.0 Å². The standard InChI is InChI=1S/C11H14N2O5/c1-11(18,10(16)17)6-12-9(15)7-3-4-13(2)8(14)5-7/h3-5,18H,6H2,1-2H3,(H,12,15)(H,16,17). The molecule has 0 aromatic carbocycles. The number of aryl methyl sites for hydroxylation is 1. The van der Waals surface area contributed by atoms with Crippen molar-refractivity contribution in [1.82, 2.24) is 9.88 Å². The first-order chi connectivity index (χ1) is 8.24. The van der Waals surface area contributed by atoms with E-state index in [1.807, 2.05) is 0 Å². The molecule has 0 aliphatic carbocycles. The second-order valence-corrected chi connectivity index (χ2v) is 4.13. The molecule has 0 aliphatic rings. The van der Waals surface area contributed by atoms with Gasteiger partial charge in [0.15, 0.2) is 5.60 Å². The fraction of sp³-hybridized carbons (Fsp3) is 0.364. The van der Waals surface area contributed by atoms with E-state index in [4.69, 9.17) is 5.11 Å². The number of carboxylic acids is 1. The van der Waals surface area contributed by atoms with Gasteiger partial charge in [-0.15, -0.1) is 0 Å². The number of aliphatic carboxylic acids is 1. The lowest BCUT2D eigenvalue weighted by Gasteiger charge is -2.18. The van der Waals surface area contributed by atoms with Crippen molar-refractivity contribution in [3.63, 3.8) is 0 Å². The summed E-state index contributed by atoms with van der Waals surface area (Å²) in [4.78, 5) is 33.5. The van der Waals surface area contributed by atoms with Crippen molar-refractivity contribution in [2.75, 3.05) is 6.54 Å². The molecule has 1 heterocycles. The zero-order valence-electron chi connectivity index (χ0n) is 10.0. The third-order valence-corrected chi connectivity index (χ3v) is 2.42. The number of aliphatic hydroxyl groups is 1. The maximum atomic E-state index is 11.6. The molecule has 7 nitrogen and oxygen atoms in total. The van der Waals surface area contributed by atoms with Crippen LogP contribution in [0.1, 0.15) is 17.3 Å². The lowest BCUT2D eigenvalue weighted by Crippen LogP contribution is -2.46. The van der Waals surface area contributed by atoms with Crippen LogP contribution in [0.4, 0.5) is 0 Å². The molecule has 7 heteroatoms. The van der Waals surface area contributed by atoms with Crippen molar-refractivity contribution in [2.45, 2.75) is 12.5 Å². The Bertz CT molecular complexity index is 532. The lowest BCUT2D eigenvalue weighted by molar-refractivity contribution is -0.155. The van der Waals surface area contributed by atoms with Gasteiger partial charge in [0.2, 0.25) is 0 Å². The molecule has 0 saturated heterocycles. The minimum absolute atomic E-state index is 0.110. The highest BCUT2D eigenvalue weighted by Gasteiger charge is 2.30. The van der Waals surface area contributed by atoms with Crippen LogP contribution in [0.25, 0.3) is 0 Å². The number of carboxylic acid groups (broad SMARTS) is 1. The van der Waals surface area contributed by atoms with E-state index in [0.717, 1.165) is 13.0 Å². The maximum absolute atomic E-state index is 11.6. The molecular formula is C11H14N2O5. The molecule has 0 saturated carbocycles. The van der Waals surface area contributed by atoms with Crippen LogP contribution in [-0.4, -0.2) is 38.8 Å². The maximum Gasteiger partial charge on any atom is 0.337 e. The van der Waals surface area contributed by atoms with Crippen LogP contribution in [0.15, 0.2) is 23.1 Å². The molecule has 1 rings (SSSR count). The number of hydrogen-bond donors (Lipinski definition) is 3. The second-order valence-electron chi connectivity index (χ2n) is 4.13. The number of pyridine rings is 1. The van der Waals surface area contributed by atoms with E-state index in [0.29, 0.717) is 0 Å². The summed E-state index contributed by atoms with van der Waals surface area (Å²) in [6, 6.07) is 2.55. The van der Waals surface area contributed by atoms with E-state index in [9.17, 15) is 19.5 Å². The van der Waals surface area contributed by atoms with E-state index in [1.54, 1.807) is 7.05 Å². The number of aromatic nitrogens is 1. The van der Waals surface area contributed by atoms with Crippen molar-refractivity contribution < 1.29 is 19.8 Å². The van der Waals surface area contributed by atoms with Crippen LogP contribution < -0.4 is 10.9 Å². The molecule has 0 bridgehead atoms. The summed E-state index contributed by atoms with van der Waals surface area (Å²) in [5.74, 6) is -2.05. The molecule has 3 N–H and O–H groups in total. The molecule has 1 unspecified atom stereocenters. The Labute approximate surface area is 103 Å². The van der Waals surface area contributed by atoms with Gasteiger partial charge in [0, 0.05) is 24.9 Å². The Morgan fingerprint density at radius 1 is 1.50 bits per heavy atom. The number of rotatable bonds is 4. The van der Waals surface area contributed by atoms with Gasteiger partial charge < -0.3 is 20.1 Å². The minimum atomic E-state index is -2.05. The van der Waals surface area contributed by atoms with Crippen LogP contribution >= 0.6 is 0 Å². The Kier molecular flexibility index (Phi) is 3.87. The molecular weight excluding hydrogens is 240 g/mol. The number of carbonyl (C=O) groups is 2. The summed E-state index contributed by atoms with van der Waals surface area (Å²) in [5.41, 5.74) is -2.29. The average molecular weight is 254 g/mol. The molecule has 1 amide bonds. The summed E-state index contributed by atoms with van der Waals surface area (Å²) < 4.78 is 1.30. The van der Waals surface area contributed by atoms with Gasteiger partial charge in [-0.25, -0.2) is 4.79 Å². The summed E-state index contributed by atoms with van der Waals surface area (Å²) in [5, 5.41) is 20.3. The molecule has 1 atom stereocenters. The Morgan fingerprint density at radius 2 is 2.11 bits per heavy atom. The number of nitrogens with one attached hydrogen (secondary N) is 1. The topological polar surface area (TPSA) is 109 Å². The van der Waals surface area contributed by atoms with E-state index in [-0.39, 0.29) is 11.1 Å². The van der Waals surface area contributed by atoms with Crippen molar-refractivity contribution in [3.05, 3.63) is 34.2 Å². The van der Waals surface area contributed by atoms with Gasteiger partial charge in [0.05, 0.1) is 6.54 Å². The van der Waals surface area contributed by atoms with Gasteiger partial charge in [-0.2, -0.15) is 0 Å². The number of carbonyl (C=O) groups excluding carboxylic acids is 1. The largest absolute Gasteiger partial charge is 0.479 e. The van der Waals surface area contributed by atoms with E-state index in [2.05, 4.69) is 5.32 Å². The SMILES string of the molecule is Cn1ccc(C(=O)NCC(C)(O)C(=O)O)cc1=O. The summed E-state index contributed by atoms with van der Waals surface area (Å²) in [6.45, 7) is 0.621. The van der Waals surface area contributed by atoms with Gasteiger partial charge in [-0.1, -0.05) is 0 Å². The van der Waals surface area contributed by atoms with Crippen molar-refractivity contribution in [1.29, 1.82) is 0 Å². The fourth-order valence-electron chi connectivity index (χ4n) is 1.12. The van der Waals surface area contributed by atoms with Gasteiger partial charge >= 0.3 is 5.97 Å². The van der Waals surface area contributed by atoms with Crippen LogP contribution in [0.3, 0.4) is 0 Å². The molecule has 98 valence electrons. The number of nitrogens with zero attached hydrogens (tertiary/aromatic N) is 1. The van der Waals surface area contributed by atoms with Crippen LogP contribution in [-0.2, 0) is 11.8 Å². The van der Waals surface area contributed by atoms with E-state index >= 15 is 0 Å². The monoisotopic (exact) mass is 254 g/mol. The first-order valence-electron chi connectivity index (χ1n) is 5.15. The Hall–Kier alpha value is -2.15. The highest BCUT2D eigenvalue weighted by atomic mass is 16.4. The van der Waals surface area contributed by atoms with Gasteiger partial charge in [0.25, 0.3) is 11.5 Å². The van der Waals surface area contributed by atoms with Crippen molar-refractivity contribution in [3.8, 4) is 0 Å². The fourth-order valence-corrected chi connectivity index (χ4v) is 1.12. The molecule has 0 fully saturated rings. The van der Waals surface area contributed by atoms with Gasteiger partial charge in [-0.05, 0) is 13.0 Å². The van der Waals surface area contributed by atoms with Crippen LogP contribution in [0.2, 0.25) is 0 Å². The summed E-state index contributed by atoms with van der Waals surface area (Å²) >= 11 is 0.